The van der Waals surface area contributed by atoms with E-state index in [4.69, 9.17) is 4.74 Å². The van der Waals surface area contributed by atoms with Gasteiger partial charge in [-0.15, -0.1) is 5.10 Å². The van der Waals surface area contributed by atoms with Crippen LogP contribution < -0.4 is 10.1 Å². The molecule has 0 spiro atoms. The van der Waals surface area contributed by atoms with Gasteiger partial charge >= 0.3 is 0 Å². The summed E-state index contributed by atoms with van der Waals surface area (Å²) < 4.78 is 7.24. The first-order valence-corrected chi connectivity index (χ1v) is 8.05. The number of benzene rings is 1. The maximum atomic E-state index is 5.56. The van der Waals surface area contributed by atoms with Crippen molar-refractivity contribution in [3.05, 3.63) is 29.8 Å². The summed E-state index contributed by atoms with van der Waals surface area (Å²) in [5.41, 5.74) is 1.25. The third-order valence-corrected chi connectivity index (χ3v) is 3.83. The molecule has 0 aliphatic carbocycles. The number of hydrogen-bond donors (Lipinski definition) is 1. The number of nitrogens with one attached hydrogen (secondary N) is 1. The smallest absolute Gasteiger partial charge is 0.209 e. The van der Waals surface area contributed by atoms with E-state index in [9.17, 15) is 0 Å². The van der Waals surface area contributed by atoms with Crippen LogP contribution in [0.2, 0.25) is 0 Å². The van der Waals surface area contributed by atoms with Crippen LogP contribution in [0.4, 0.5) is 0 Å². The van der Waals surface area contributed by atoms with E-state index in [1.54, 1.807) is 16.4 Å². The molecule has 2 rings (SSSR count). The molecule has 1 heterocycles. The molecule has 0 unspecified atom stereocenters. The number of aromatic nitrogens is 4. The van der Waals surface area contributed by atoms with E-state index in [2.05, 4.69) is 39.9 Å². The zero-order chi connectivity index (χ0) is 14.9. The van der Waals surface area contributed by atoms with E-state index < -0.39 is 0 Å². The summed E-state index contributed by atoms with van der Waals surface area (Å²) in [6, 6.07) is 8.23. The van der Waals surface area contributed by atoms with Crippen molar-refractivity contribution in [2.75, 3.05) is 18.9 Å². The Morgan fingerprint density at radius 3 is 2.76 bits per heavy atom. The summed E-state index contributed by atoms with van der Waals surface area (Å²) in [6.07, 6.45) is 1.03. The molecule has 0 bridgehead atoms. The fourth-order valence-electron chi connectivity index (χ4n) is 1.71. The Morgan fingerprint density at radius 2 is 2.10 bits per heavy atom. The third-order valence-electron chi connectivity index (χ3n) is 2.82. The van der Waals surface area contributed by atoms with Gasteiger partial charge in [-0.3, -0.25) is 0 Å². The first-order valence-electron chi connectivity index (χ1n) is 7.07. The van der Waals surface area contributed by atoms with Crippen molar-refractivity contribution in [3.8, 4) is 5.75 Å². The molecule has 6 nitrogen and oxygen atoms in total. The Hall–Kier alpha value is -1.60. The Morgan fingerprint density at radius 1 is 1.29 bits per heavy atom. The van der Waals surface area contributed by atoms with E-state index in [1.165, 1.54) is 5.56 Å². The Kier molecular flexibility index (Phi) is 6.49. The molecule has 0 radical (unpaired) electrons. The summed E-state index contributed by atoms with van der Waals surface area (Å²) >= 11 is 1.64. The van der Waals surface area contributed by atoms with Gasteiger partial charge in [-0.2, -0.15) is 0 Å². The number of hydrogen-bond acceptors (Lipinski definition) is 6. The maximum Gasteiger partial charge on any atom is 0.209 e. The van der Waals surface area contributed by atoms with Crippen LogP contribution in [0.3, 0.4) is 0 Å². The number of thioether (sulfide) groups is 1. The predicted octanol–water partition coefficient (Wildman–Crippen LogP) is 1.88. The molecule has 0 amide bonds. The minimum atomic E-state index is 0.770. The second kappa shape index (κ2) is 8.63. The monoisotopic (exact) mass is 307 g/mol. The fourth-order valence-corrected chi connectivity index (χ4v) is 2.46. The van der Waals surface area contributed by atoms with E-state index in [1.807, 2.05) is 19.2 Å². The van der Waals surface area contributed by atoms with Gasteiger partial charge in [0.1, 0.15) is 5.75 Å². The number of rotatable bonds is 9. The van der Waals surface area contributed by atoms with Crippen LogP contribution in [0.5, 0.6) is 5.75 Å². The molecule has 0 aliphatic heterocycles. The highest BCUT2D eigenvalue weighted by Crippen LogP contribution is 2.13. The van der Waals surface area contributed by atoms with Crippen LogP contribution in [0, 0.1) is 0 Å². The van der Waals surface area contributed by atoms with E-state index in [-0.39, 0.29) is 0 Å². The summed E-state index contributed by atoms with van der Waals surface area (Å²) in [7, 11) is 1.85. The van der Waals surface area contributed by atoms with Gasteiger partial charge in [0.2, 0.25) is 5.16 Å². The first-order chi connectivity index (χ1) is 10.3. The molecule has 0 saturated carbocycles. The molecular formula is C14H21N5OS. The molecule has 0 saturated heterocycles. The maximum absolute atomic E-state index is 5.56. The van der Waals surface area contributed by atoms with Gasteiger partial charge in [-0.25, -0.2) is 4.68 Å². The van der Waals surface area contributed by atoms with Crippen molar-refractivity contribution < 1.29 is 4.74 Å². The van der Waals surface area contributed by atoms with Gasteiger partial charge < -0.3 is 10.1 Å². The summed E-state index contributed by atoms with van der Waals surface area (Å²) in [5.74, 6) is 1.87. The fraction of sp³-hybridized carbons (Fsp3) is 0.500. The largest absolute Gasteiger partial charge is 0.494 e. The molecule has 0 aliphatic rings. The quantitative estimate of drug-likeness (QED) is 0.564. The molecule has 21 heavy (non-hydrogen) atoms. The Bertz CT molecular complexity index is 528. The van der Waals surface area contributed by atoms with Gasteiger partial charge in [0.25, 0.3) is 0 Å². The zero-order valence-electron chi connectivity index (χ0n) is 12.5. The van der Waals surface area contributed by atoms with Crippen LogP contribution in [-0.4, -0.2) is 39.1 Å². The lowest BCUT2D eigenvalue weighted by atomic mass is 10.2. The second-order valence-corrected chi connectivity index (χ2v) is 5.66. The molecule has 0 fully saturated rings. The molecule has 1 aromatic carbocycles. The van der Waals surface area contributed by atoms with Crippen LogP contribution in [0.25, 0.3) is 0 Å². The van der Waals surface area contributed by atoms with Crippen molar-refractivity contribution >= 4 is 11.8 Å². The Balaban J connectivity index is 1.63. The Labute approximate surface area is 129 Å². The van der Waals surface area contributed by atoms with Crippen LogP contribution >= 0.6 is 11.8 Å². The van der Waals surface area contributed by atoms with Crippen LogP contribution in [0.15, 0.2) is 29.4 Å². The van der Waals surface area contributed by atoms with Crippen molar-refractivity contribution in [2.24, 2.45) is 7.05 Å². The highest BCUT2D eigenvalue weighted by Gasteiger charge is 2.01. The van der Waals surface area contributed by atoms with E-state index >= 15 is 0 Å². The van der Waals surface area contributed by atoms with Gasteiger partial charge in [-0.05, 0) is 34.5 Å². The van der Waals surface area contributed by atoms with Gasteiger partial charge in [0, 0.05) is 25.9 Å². The van der Waals surface area contributed by atoms with Crippen molar-refractivity contribution in [3.63, 3.8) is 0 Å². The zero-order valence-corrected chi connectivity index (χ0v) is 13.3. The van der Waals surface area contributed by atoms with Crippen LogP contribution in [-0.2, 0) is 13.6 Å². The third kappa shape index (κ3) is 5.35. The van der Waals surface area contributed by atoms with Crippen molar-refractivity contribution in [2.45, 2.75) is 25.0 Å². The highest BCUT2D eigenvalue weighted by molar-refractivity contribution is 7.99. The average Bonchev–Trinajstić information content (AvgIpc) is 2.91. The molecular weight excluding hydrogens is 286 g/mol. The lowest BCUT2D eigenvalue weighted by Crippen LogP contribution is -2.16. The second-order valence-electron chi connectivity index (χ2n) is 4.60. The predicted molar refractivity (Wildman–Crippen MR) is 83.5 cm³/mol. The normalized spacial score (nSPS) is 10.8. The van der Waals surface area contributed by atoms with Gasteiger partial charge in [0.05, 0.1) is 6.61 Å². The van der Waals surface area contributed by atoms with Crippen LogP contribution in [0.1, 0.15) is 18.9 Å². The number of nitrogens with zero attached hydrogens (tertiary/aromatic N) is 4. The molecule has 0 atom stereocenters. The summed E-state index contributed by atoms with van der Waals surface area (Å²) in [6.45, 7) is 4.64. The molecule has 2 aromatic rings. The SMILES string of the molecule is CCCOc1ccc(CNCCSc2nnnn2C)cc1. The molecule has 7 heteroatoms. The number of tetrazole rings is 1. The van der Waals surface area contributed by atoms with Gasteiger partial charge in [0.15, 0.2) is 0 Å². The van der Waals surface area contributed by atoms with Gasteiger partial charge in [-0.1, -0.05) is 30.8 Å². The van der Waals surface area contributed by atoms with E-state index in [0.717, 1.165) is 42.8 Å². The lowest BCUT2D eigenvalue weighted by Gasteiger charge is -2.07. The summed E-state index contributed by atoms with van der Waals surface area (Å²) in [4.78, 5) is 0. The number of ether oxygens (including phenoxy) is 1. The van der Waals surface area contributed by atoms with Crippen molar-refractivity contribution in [1.29, 1.82) is 0 Å². The standard InChI is InChI=1S/C14H21N5OS/c1-3-9-20-13-6-4-12(5-7-13)11-15-8-10-21-14-16-17-18-19(14)2/h4-7,15H,3,8-11H2,1-2H3. The highest BCUT2D eigenvalue weighted by atomic mass is 32.2. The first kappa shape index (κ1) is 15.8. The van der Waals surface area contributed by atoms with Crippen molar-refractivity contribution in [1.82, 2.24) is 25.5 Å². The number of aryl methyl sites for hydroxylation is 1. The minimum Gasteiger partial charge on any atom is -0.494 e. The minimum absolute atomic E-state index is 0.770. The topological polar surface area (TPSA) is 64.9 Å². The molecule has 1 N–H and O–H groups in total. The average molecular weight is 307 g/mol. The molecule has 114 valence electrons. The molecule has 1 aromatic heterocycles. The summed E-state index contributed by atoms with van der Waals surface area (Å²) in [5, 5.41) is 15.6. The lowest BCUT2D eigenvalue weighted by molar-refractivity contribution is 0.317. The van der Waals surface area contributed by atoms with E-state index in [0.29, 0.717) is 0 Å².